The van der Waals surface area contributed by atoms with Crippen LogP contribution in [0, 0.1) is 11.7 Å². The van der Waals surface area contributed by atoms with Gasteiger partial charge in [-0.2, -0.15) is 0 Å². The van der Waals surface area contributed by atoms with Crippen LogP contribution in [0.4, 0.5) is 4.39 Å². The molecule has 2 atom stereocenters. The lowest BCUT2D eigenvalue weighted by atomic mass is 10.1. The minimum absolute atomic E-state index is 0.0401. The van der Waals surface area contributed by atoms with Crippen LogP contribution in [0.3, 0.4) is 0 Å². The maximum atomic E-state index is 13.1. The van der Waals surface area contributed by atoms with Gasteiger partial charge in [0, 0.05) is 24.0 Å². The Morgan fingerprint density at radius 1 is 1.13 bits per heavy atom. The Morgan fingerprint density at radius 2 is 1.94 bits per heavy atom. The van der Waals surface area contributed by atoms with Gasteiger partial charge in [0.1, 0.15) is 11.5 Å². The van der Waals surface area contributed by atoms with Gasteiger partial charge in [0.05, 0.1) is 0 Å². The summed E-state index contributed by atoms with van der Waals surface area (Å²) in [6.45, 7) is 6.18. The monoisotopic (exact) mass is 421 g/mol. The summed E-state index contributed by atoms with van der Waals surface area (Å²) >= 11 is 0. The minimum atomic E-state index is -0.162. The fourth-order valence-electron chi connectivity index (χ4n) is 4.46. The summed E-state index contributed by atoms with van der Waals surface area (Å²) in [5, 5.41) is 4.09. The molecule has 1 amide bonds. The molecule has 164 valence electrons. The minimum Gasteiger partial charge on any atom is -0.351 e. The van der Waals surface area contributed by atoms with E-state index in [0.29, 0.717) is 24.1 Å². The number of nitrogens with one attached hydrogen (secondary N) is 2. The van der Waals surface area contributed by atoms with E-state index < -0.39 is 0 Å². The highest BCUT2D eigenvalue weighted by Gasteiger charge is 2.38. The second-order valence-electron chi connectivity index (χ2n) is 8.69. The van der Waals surface area contributed by atoms with Gasteiger partial charge in [-0.05, 0) is 80.4 Å². The molecule has 0 saturated heterocycles. The van der Waals surface area contributed by atoms with Gasteiger partial charge < -0.3 is 15.2 Å². The highest BCUT2D eigenvalue weighted by molar-refractivity contribution is 5.97. The van der Waals surface area contributed by atoms with E-state index in [0.717, 1.165) is 49.8 Å². The zero-order chi connectivity index (χ0) is 21.6. The Balaban J connectivity index is 1.17. The van der Waals surface area contributed by atoms with Gasteiger partial charge in [0.2, 0.25) is 0 Å². The van der Waals surface area contributed by atoms with Crippen LogP contribution in [-0.4, -0.2) is 42.0 Å². The van der Waals surface area contributed by atoms with Crippen molar-refractivity contribution in [3.8, 4) is 0 Å². The molecule has 0 radical (unpaired) electrons. The second kappa shape index (κ2) is 10.1. The topological polar surface area (TPSA) is 48.1 Å². The van der Waals surface area contributed by atoms with Gasteiger partial charge >= 0.3 is 0 Å². The summed E-state index contributed by atoms with van der Waals surface area (Å²) in [5.74, 6) is 1.06. The van der Waals surface area contributed by atoms with Crippen LogP contribution in [0.15, 0.2) is 54.6 Å². The van der Waals surface area contributed by atoms with Crippen molar-refractivity contribution >= 4 is 16.8 Å². The van der Waals surface area contributed by atoms with Crippen LogP contribution in [0.2, 0.25) is 0 Å². The molecule has 1 fully saturated rings. The van der Waals surface area contributed by atoms with Crippen molar-refractivity contribution < 1.29 is 9.18 Å². The molecule has 2 unspecified atom stereocenters. The number of H-pyrrole nitrogens is 1. The normalized spacial score (nSPS) is 17.9. The SMILES string of the molecule is CCCN(CCCCNC(=O)c1cc2ccccc2[nH]1)CC1CC1c1ccc(F)cc1. The maximum absolute atomic E-state index is 13.1. The van der Waals surface area contributed by atoms with Gasteiger partial charge in [0.25, 0.3) is 5.91 Å². The van der Waals surface area contributed by atoms with E-state index in [4.69, 9.17) is 0 Å². The summed E-state index contributed by atoms with van der Waals surface area (Å²) in [7, 11) is 0. The number of fused-ring (bicyclic) bond motifs is 1. The quantitative estimate of drug-likeness (QED) is 0.411. The van der Waals surface area contributed by atoms with Crippen molar-refractivity contribution in [3.63, 3.8) is 0 Å². The number of amides is 1. The molecule has 0 spiro atoms. The molecule has 31 heavy (non-hydrogen) atoms. The molecule has 0 bridgehead atoms. The predicted molar refractivity (Wildman–Crippen MR) is 124 cm³/mol. The largest absolute Gasteiger partial charge is 0.351 e. The van der Waals surface area contributed by atoms with E-state index in [2.05, 4.69) is 22.1 Å². The molecule has 3 aromatic rings. The van der Waals surface area contributed by atoms with Gasteiger partial charge in [-0.3, -0.25) is 4.79 Å². The van der Waals surface area contributed by atoms with Crippen LogP contribution in [0.5, 0.6) is 0 Å². The number of aromatic nitrogens is 1. The summed E-state index contributed by atoms with van der Waals surface area (Å²) in [4.78, 5) is 18.1. The highest BCUT2D eigenvalue weighted by Crippen LogP contribution is 2.47. The average molecular weight is 422 g/mol. The van der Waals surface area contributed by atoms with Crippen LogP contribution >= 0.6 is 0 Å². The van der Waals surface area contributed by atoms with Crippen LogP contribution < -0.4 is 5.32 Å². The molecule has 1 heterocycles. The fourth-order valence-corrected chi connectivity index (χ4v) is 4.46. The first kappa shape index (κ1) is 21.6. The smallest absolute Gasteiger partial charge is 0.267 e. The molecular formula is C26H32FN3O. The van der Waals surface area contributed by atoms with Crippen molar-refractivity contribution in [2.75, 3.05) is 26.2 Å². The highest BCUT2D eigenvalue weighted by atomic mass is 19.1. The molecule has 2 aromatic carbocycles. The summed E-state index contributed by atoms with van der Waals surface area (Å²) < 4.78 is 13.1. The molecule has 4 rings (SSSR count). The van der Waals surface area contributed by atoms with Gasteiger partial charge in [-0.1, -0.05) is 37.3 Å². The third-order valence-corrected chi connectivity index (χ3v) is 6.21. The lowest BCUT2D eigenvalue weighted by Gasteiger charge is -2.22. The number of para-hydroxylation sites is 1. The van der Waals surface area contributed by atoms with E-state index in [1.807, 2.05) is 42.5 Å². The molecule has 2 N–H and O–H groups in total. The average Bonchev–Trinajstić information content (AvgIpc) is 3.39. The standard InChI is InChI=1S/C26H32FN3O/c1-2-14-30(18-21-16-23(21)19-9-11-22(27)12-10-19)15-6-5-13-28-26(31)25-17-20-7-3-4-8-24(20)29-25/h3-4,7-12,17,21,23,29H,2,5-6,13-16,18H2,1H3,(H,28,31). The number of aromatic amines is 1. The van der Waals surface area contributed by atoms with Crippen LogP contribution in [0.25, 0.3) is 10.9 Å². The van der Waals surface area contributed by atoms with Crippen LogP contribution in [0.1, 0.15) is 54.6 Å². The Hall–Kier alpha value is -2.66. The van der Waals surface area contributed by atoms with Crippen LogP contribution in [-0.2, 0) is 0 Å². The molecular weight excluding hydrogens is 389 g/mol. The lowest BCUT2D eigenvalue weighted by molar-refractivity contribution is 0.0948. The fraction of sp³-hybridized carbons (Fsp3) is 0.423. The first-order valence-electron chi connectivity index (χ1n) is 11.5. The summed E-state index contributed by atoms with van der Waals surface area (Å²) in [5.41, 5.74) is 2.87. The molecule has 1 aliphatic carbocycles. The van der Waals surface area contributed by atoms with E-state index in [9.17, 15) is 9.18 Å². The number of carbonyl (C=O) groups is 1. The number of benzene rings is 2. The first-order chi connectivity index (χ1) is 15.1. The predicted octanol–water partition coefficient (Wildman–Crippen LogP) is 5.33. The van der Waals surface area contributed by atoms with Gasteiger partial charge in [0.15, 0.2) is 0 Å². The molecule has 1 aliphatic rings. The Morgan fingerprint density at radius 3 is 2.71 bits per heavy atom. The van der Waals surface area contributed by atoms with Crippen molar-refractivity contribution in [1.82, 2.24) is 15.2 Å². The molecule has 1 aromatic heterocycles. The van der Waals surface area contributed by atoms with Gasteiger partial charge in [-0.15, -0.1) is 0 Å². The van der Waals surface area contributed by atoms with Crippen molar-refractivity contribution in [2.45, 2.75) is 38.5 Å². The number of hydrogen-bond donors (Lipinski definition) is 2. The summed E-state index contributed by atoms with van der Waals surface area (Å²) in [6, 6.07) is 16.8. The van der Waals surface area contributed by atoms with Crippen molar-refractivity contribution in [1.29, 1.82) is 0 Å². The number of halogens is 1. The number of rotatable bonds is 11. The Bertz CT molecular complexity index is 964. The zero-order valence-corrected chi connectivity index (χ0v) is 18.2. The Kier molecular flexibility index (Phi) is 7.03. The second-order valence-corrected chi connectivity index (χ2v) is 8.69. The number of nitrogens with zero attached hydrogens (tertiary/aromatic N) is 1. The van der Waals surface area contributed by atoms with Crippen molar-refractivity contribution in [2.24, 2.45) is 5.92 Å². The summed E-state index contributed by atoms with van der Waals surface area (Å²) in [6.07, 6.45) is 4.39. The Labute approximate surface area is 183 Å². The van der Waals surface area contributed by atoms with Crippen molar-refractivity contribution in [3.05, 3.63) is 71.7 Å². The van der Waals surface area contributed by atoms with E-state index >= 15 is 0 Å². The first-order valence-corrected chi connectivity index (χ1v) is 11.5. The maximum Gasteiger partial charge on any atom is 0.267 e. The zero-order valence-electron chi connectivity index (χ0n) is 18.2. The molecule has 5 heteroatoms. The number of hydrogen-bond acceptors (Lipinski definition) is 2. The molecule has 0 aliphatic heterocycles. The van der Waals surface area contributed by atoms with Gasteiger partial charge in [-0.25, -0.2) is 4.39 Å². The third-order valence-electron chi connectivity index (χ3n) is 6.21. The van der Waals surface area contributed by atoms with E-state index in [1.165, 1.54) is 12.0 Å². The number of unbranched alkanes of at least 4 members (excludes halogenated alkanes) is 1. The van der Waals surface area contributed by atoms with E-state index in [-0.39, 0.29) is 11.7 Å². The van der Waals surface area contributed by atoms with E-state index in [1.54, 1.807) is 12.1 Å². The lowest BCUT2D eigenvalue weighted by Crippen LogP contribution is -2.30. The third kappa shape index (κ3) is 5.73. The molecule has 4 nitrogen and oxygen atoms in total. The number of carbonyl (C=O) groups excluding carboxylic acids is 1. The molecule has 1 saturated carbocycles.